The molecule has 3 nitrogen and oxygen atoms in total. The molecule has 0 radical (unpaired) electrons. The van der Waals surface area contributed by atoms with E-state index in [0.29, 0.717) is 0 Å². The van der Waals surface area contributed by atoms with E-state index in [-0.39, 0.29) is 0 Å². The average Bonchev–Trinajstić information content (AvgIpc) is 2.99. The quantitative estimate of drug-likeness (QED) is 0.901. The van der Waals surface area contributed by atoms with Crippen LogP contribution in [0, 0.1) is 0 Å². The van der Waals surface area contributed by atoms with Gasteiger partial charge in [-0.3, -0.25) is 9.80 Å². The molecule has 0 aliphatic carbocycles. The van der Waals surface area contributed by atoms with Gasteiger partial charge in [-0.15, -0.1) is 0 Å². The Bertz CT molecular complexity index is 423. The van der Waals surface area contributed by atoms with Crippen LogP contribution in [0.5, 0.6) is 0 Å². The molecule has 2 aliphatic heterocycles. The highest BCUT2D eigenvalue weighted by Gasteiger charge is 2.28. The topological polar surface area (TPSA) is 32.5 Å². The van der Waals surface area contributed by atoms with Crippen molar-refractivity contribution in [1.82, 2.24) is 9.80 Å². The molecule has 2 aliphatic rings. The van der Waals surface area contributed by atoms with Crippen LogP contribution in [0.2, 0.25) is 0 Å². The molecule has 0 bridgehead atoms. The number of nitrogens with zero attached hydrogens (tertiary/aromatic N) is 2. The second-order valence-corrected chi connectivity index (χ2v) is 6.63. The van der Waals surface area contributed by atoms with Gasteiger partial charge in [0, 0.05) is 25.7 Å². The minimum absolute atomic E-state index is 0.739. The highest BCUT2D eigenvalue weighted by Crippen LogP contribution is 2.21. The van der Waals surface area contributed by atoms with Gasteiger partial charge in [0.25, 0.3) is 0 Å². The molecule has 0 aromatic heterocycles. The highest BCUT2D eigenvalue weighted by atomic mass is 15.3. The average molecular weight is 287 g/mol. The van der Waals surface area contributed by atoms with Crippen LogP contribution < -0.4 is 5.73 Å². The van der Waals surface area contributed by atoms with E-state index in [2.05, 4.69) is 34.1 Å². The van der Waals surface area contributed by atoms with E-state index in [1.54, 1.807) is 0 Å². The molecule has 1 aromatic carbocycles. The molecule has 2 saturated heterocycles. The first-order valence-corrected chi connectivity index (χ1v) is 8.59. The number of piperidine rings is 1. The van der Waals surface area contributed by atoms with E-state index < -0.39 is 0 Å². The van der Waals surface area contributed by atoms with E-state index in [9.17, 15) is 0 Å². The molecule has 1 unspecified atom stereocenters. The van der Waals surface area contributed by atoms with Gasteiger partial charge in [-0.25, -0.2) is 0 Å². The third-order valence-corrected chi connectivity index (χ3v) is 5.02. The summed E-state index contributed by atoms with van der Waals surface area (Å²) in [6.45, 7) is 7.01. The van der Waals surface area contributed by atoms with Crippen molar-refractivity contribution in [3.8, 4) is 0 Å². The van der Waals surface area contributed by atoms with Crippen LogP contribution in [0.3, 0.4) is 0 Å². The van der Waals surface area contributed by atoms with Crippen LogP contribution in [-0.2, 0) is 13.0 Å². The zero-order chi connectivity index (χ0) is 14.5. The Morgan fingerprint density at radius 3 is 2.38 bits per heavy atom. The summed E-state index contributed by atoms with van der Waals surface area (Å²) >= 11 is 0. The molecule has 0 spiro atoms. The van der Waals surface area contributed by atoms with Crippen molar-refractivity contribution < 1.29 is 0 Å². The third-order valence-electron chi connectivity index (χ3n) is 5.02. The van der Waals surface area contributed by atoms with E-state index in [1.807, 2.05) is 0 Å². The summed E-state index contributed by atoms with van der Waals surface area (Å²) in [5, 5.41) is 0. The van der Waals surface area contributed by atoms with Gasteiger partial charge in [0.05, 0.1) is 0 Å². The van der Waals surface area contributed by atoms with Gasteiger partial charge in [0.2, 0.25) is 0 Å². The molecular formula is C18H29N3. The van der Waals surface area contributed by atoms with Gasteiger partial charge in [0.15, 0.2) is 0 Å². The molecule has 0 amide bonds. The molecular weight excluding hydrogens is 258 g/mol. The lowest BCUT2D eigenvalue weighted by atomic mass is 10.1. The molecule has 2 N–H and O–H groups in total. The summed E-state index contributed by atoms with van der Waals surface area (Å²) in [6.07, 6.45) is 6.58. The van der Waals surface area contributed by atoms with Crippen molar-refractivity contribution in [1.29, 1.82) is 0 Å². The molecule has 2 heterocycles. The third kappa shape index (κ3) is 4.06. The number of benzene rings is 1. The second kappa shape index (κ2) is 7.39. The van der Waals surface area contributed by atoms with Gasteiger partial charge < -0.3 is 5.73 Å². The van der Waals surface area contributed by atoms with E-state index >= 15 is 0 Å². The SMILES string of the molecule is NCCc1ccc(CN2CCC(N3CCCCC3)C2)cc1. The van der Waals surface area contributed by atoms with Gasteiger partial charge >= 0.3 is 0 Å². The van der Waals surface area contributed by atoms with Crippen molar-refractivity contribution in [2.24, 2.45) is 5.73 Å². The summed E-state index contributed by atoms with van der Waals surface area (Å²) in [4.78, 5) is 5.35. The van der Waals surface area contributed by atoms with Crippen LogP contribution >= 0.6 is 0 Å². The summed E-state index contributed by atoms with van der Waals surface area (Å²) < 4.78 is 0. The van der Waals surface area contributed by atoms with Crippen molar-refractivity contribution in [2.45, 2.75) is 44.7 Å². The second-order valence-electron chi connectivity index (χ2n) is 6.63. The van der Waals surface area contributed by atoms with Crippen molar-refractivity contribution in [3.63, 3.8) is 0 Å². The fourth-order valence-electron chi connectivity index (χ4n) is 3.77. The first-order chi connectivity index (χ1) is 10.3. The monoisotopic (exact) mass is 287 g/mol. The lowest BCUT2D eigenvalue weighted by Crippen LogP contribution is -2.40. The lowest BCUT2D eigenvalue weighted by Gasteiger charge is -2.32. The summed E-state index contributed by atoms with van der Waals surface area (Å²) in [5.74, 6) is 0. The fraction of sp³-hybridized carbons (Fsp3) is 0.667. The first kappa shape index (κ1) is 15.0. The van der Waals surface area contributed by atoms with Crippen molar-refractivity contribution in [2.75, 3.05) is 32.7 Å². The maximum absolute atomic E-state index is 5.60. The van der Waals surface area contributed by atoms with Crippen LogP contribution in [0.4, 0.5) is 0 Å². The smallest absolute Gasteiger partial charge is 0.0235 e. The van der Waals surface area contributed by atoms with E-state index in [0.717, 1.165) is 25.6 Å². The number of hydrogen-bond acceptors (Lipinski definition) is 3. The van der Waals surface area contributed by atoms with Crippen LogP contribution in [0.1, 0.15) is 36.8 Å². The highest BCUT2D eigenvalue weighted by molar-refractivity contribution is 5.22. The van der Waals surface area contributed by atoms with Gasteiger partial charge in [0.1, 0.15) is 0 Å². The number of rotatable bonds is 5. The van der Waals surface area contributed by atoms with Crippen LogP contribution in [0.15, 0.2) is 24.3 Å². The molecule has 1 atom stereocenters. The lowest BCUT2D eigenvalue weighted by molar-refractivity contribution is 0.161. The summed E-state index contributed by atoms with van der Waals surface area (Å²) in [5.41, 5.74) is 8.40. The van der Waals surface area contributed by atoms with Gasteiger partial charge in [-0.2, -0.15) is 0 Å². The first-order valence-electron chi connectivity index (χ1n) is 8.59. The Morgan fingerprint density at radius 1 is 0.952 bits per heavy atom. The largest absolute Gasteiger partial charge is 0.330 e. The standard InChI is InChI=1S/C18H29N3/c19-10-8-16-4-6-17(7-5-16)14-20-13-9-18(15-20)21-11-2-1-3-12-21/h4-7,18H,1-3,8-15,19H2. The minimum Gasteiger partial charge on any atom is -0.330 e. The Balaban J connectivity index is 1.49. The van der Waals surface area contributed by atoms with Crippen LogP contribution in [-0.4, -0.2) is 48.6 Å². The Morgan fingerprint density at radius 2 is 1.67 bits per heavy atom. The molecule has 2 fully saturated rings. The van der Waals surface area contributed by atoms with E-state index in [4.69, 9.17) is 5.73 Å². The molecule has 3 heteroatoms. The maximum Gasteiger partial charge on any atom is 0.0235 e. The van der Waals surface area contributed by atoms with Gasteiger partial charge in [-0.05, 0) is 56.4 Å². The minimum atomic E-state index is 0.739. The predicted molar refractivity (Wildman–Crippen MR) is 88.3 cm³/mol. The molecule has 3 rings (SSSR count). The number of hydrogen-bond donors (Lipinski definition) is 1. The van der Waals surface area contributed by atoms with Gasteiger partial charge in [-0.1, -0.05) is 30.7 Å². The maximum atomic E-state index is 5.60. The molecule has 21 heavy (non-hydrogen) atoms. The zero-order valence-corrected chi connectivity index (χ0v) is 13.1. The normalized spacial score (nSPS) is 24.5. The predicted octanol–water partition coefficient (Wildman–Crippen LogP) is 2.25. The number of likely N-dealkylation sites (tertiary alicyclic amines) is 2. The molecule has 1 aromatic rings. The van der Waals surface area contributed by atoms with Crippen molar-refractivity contribution >= 4 is 0 Å². The Labute approximate surface area is 129 Å². The Kier molecular flexibility index (Phi) is 5.28. The van der Waals surface area contributed by atoms with Crippen molar-refractivity contribution in [3.05, 3.63) is 35.4 Å². The van der Waals surface area contributed by atoms with Crippen LogP contribution in [0.25, 0.3) is 0 Å². The Hall–Kier alpha value is -0.900. The fourth-order valence-corrected chi connectivity index (χ4v) is 3.77. The summed E-state index contributed by atoms with van der Waals surface area (Å²) in [7, 11) is 0. The zero-order valence-electron chi connectivity index (χ0n) is 13.1. The number of nitrogens with two attached hydrogens (primary N) is 1. The molecule has 116 valence electrons. The molecule has 0 saturated carbocycles. The summed E-state index contributed by atoms with van der Waals surface area (Å²) in [6, 6.07) is 9.83. The van der Waals surface area contributed by atoms with E-state index in [1.165, 1.54) is 63.0 Å².